The summed E-state index contributed by atoms with van der Waals surface area (Å²) in [6, 6.07) is 3.91. The van der Waals surface area contributed by atoms with Gasteiger partial charge in [-0.25, -0.2) is 0 Å². The van der Waals surface area contributed by atoms with Crippen molar-refractivity contribution in [3.63, 3.8) is 0 Å². The lowest BCUT2D eigenvalue weighted by atomic mass is 9.92. The predicted molar refractivity (Wildman–Crippen MR) is 78.6 cm³/mol. The van der Waals surface area contributed by atoms with Crippen LogP contribution in [0.25, 0.3) is 0 Å². The first-order chi connectivity index (χ1) is 9.15. The number of rotatable bonds is 5. The predicted octanol–water partition coefficient (Wildman–Crippen LogP) is 2.49. The summed E-state index contributed by atoms with van der Waals surface area (Å²) in [5, 5.41) is 23.3. The van der Waals surface area contributed by atoms with Crippen molar-refractivity contribution in [1.29, 1.82) is 0 Å². The van der Waals surface area contributed by atoms with E-state index in [0.29, 0.717) is 4.47 Å². The van der Waals surface area contributed by atoms with E-state index < -0.39 is 16.4 Å². The van der Waals surface area contributed by atoms with Gasteiger partial charge in [-0.1, -0.05) is 13.8 Å². The molecule has 0 aromatic heterocycles. The maximum atomic E-state index is 12.0. The van der Waals surface area contributed by atoms with Gasteiger partial charge in [0.05, 0.1) is 16.1 Å². The molecule has 0 bridgehead atoms. The lowest BCUT2D eigenvalue weighted by molar-refractivity contribution is -0.384. The second-order valence-corrected chi connectivity index (χ2v) is 5.97. The lowest BCUT2D eigenvalue weighted by Crippen LogP contribution is -2.44. The van der Waals surface area contributed by atoms with Crippen LogP contribution in [0, 0.1) is 16.0 Å². The molecular weight excluding hydrogens is 328 g/mol. The Hall–Kier alpha value is -1.47. The van der Waals surface area contributed by atoms with Crippen molar-refractivity contribution in [3.8, 4) is 0 Å². The van der Waals surface area contributed by atoms with E-state index in [0.717, 1.165) is 0 Å². The van der Waals surface area contributed by atoms with Gasteiger partial charge in [-0.2, -0.15) is 0 Å². The summed E-state index contributed by atoms with van der Waals surface area (Å²) in [4.78, 5) is 22.1. The first-order valence-corrected chi connectivity index (χ1v) is 6.89. The summed E-state index contributed by atoms with van der Waals surface area (Å²) in [5.41, 5.74) is -0.819. The number of amides is 1. The van der Waals surface area contributed by atoms with Gasteiger partial charge in [-0.05, 0) is 34.8 Å². The van der Waals surface area contributed by atoms with E-state index in [2.05, 4.69) is 21.2 Å². The number of halogens is 1. The molecule has 0 aliphatic carbocycles. The van der Waals surface area contributed by atoms with Crippen molar-refractivity contribution in [2.24, 2.45) is 5.92 Å². The Labute approximate surface area is 125 Å². The highest BCUT2D eigenvalue weighted by molar-refractivity contribution is 9.10. The monoisotopic (exact) mass is 344 g/mol. The van der Waals surface area contributed by atoms with Crippen molar-refractivity contribution in [2.45, 2.75) is 26.4 Å². The molecule has 1 aromatic carbocycles. The Kier molecular flexibility index (Phi) is 5.24. The molecule has 6 nitrogen and oxygen atoms in total. The van der Waals surface area contributed by atoms with E-state index >= 15 is 0 Å². The molecule has 0 fully saturated rings. The Morgan fingerprint density at radius 1 is 1.55 bits per heavy atom. The van der Waals surface area contributed by atoms with Crippen LogP contribution in [0.3, 0.4) is 0 Å². The first-order valence-electron chi connectivity index (χ1n) is 6.09. The number of carbonyl (C=O) groups is 1. The smallest absolute Gasteiger partial charge is 0.270 e. The highest BCUT2D eigenvalue weighted by Gasteiger charge is 2.26. The van der Waals surface area contributed by atoms with Crippen LogP contribution in [-0.4, -0.2) is 28.1 Å². The molecule has 0 saturated heterocycles. The molecule has 1 rings (SSSR count). The molecule has 0 aliphatic heterocycles. The summed E-state index contributed by atoms with van der Waals surface area (Å²) in [5.74, 6) is -0.407. The Bertz CT molecular complexity index is 529. The fourth-order valence-electron chi connectivity index (χ4n) is 1.36. The Morgan fingerprint density at radius 2 is 2.15 bits per heavy atom. The number of non-ortho nitro benzene ring substituents is 1. The minimum Gasteiger partial charge on any atom is -0.388 e. The molecule has 110 valence electrons. The summed E-state index contributed by atoms with van der Waals surface area (Å²) in [6.07, 6.45) is 0. The molecule has 1 aromatic rings. The maximum absolute atomic E-state index is 12.0. The van der Waals surface area contributed by atoms with Crippen LogP contribution in [0.4, 0.5) is 5.69 Å². The van der Waals surface area contributed by atoms with Crippen LogP contribution in [-0.2, 0) is 0 Å². The van der Waals surface area contributed by atoms with Crippen LogP contribution < -0.4 is 5.32 Å². The van der Waals surface area contributed by atoms with Crippen LogP contribution in [0.15, 0.2) is 22.7 Å². The fraction of sp³-hybridized carbons (Fsp3) is 0.462. The summed E-state index contributed by atoms with van der Waals surface area (Å²) < 4.78 is 0.341. The molecule has 1 atom stereocenters. The van der Waals surface area contributed by atoms with Gasteiger partial charge in [0.1, 0.15) is 0 Å². The number of nitrogens with one attached hydrogen (secondary N) is 1. The molecule has 0 saturated carbocycles. The average molecular weight is 345 g/mol. The van der Waals surface area contributed by atoms with Gasteiger partial charge >= 0.3 is 0 Å². The minimum atomic E-state index is -1.01. The van der Waals surface area contributed by atoms with E-state index in [-0.39, 0.29) is 23.7 Å². The van der Waals surface area contributed by atoms with Crippen LogP contribution in [0.2, 0.25) is 0 Å². The van der Waals surface area contributed by atoms with Crippen LogP contribution in [0.1, 0.15) is 31.1 Å². The standard InChI is InChI=1S/C13H17BrN2O4/c1-8(2)13(3,18)7-15-12(17)10-5-4-9(16(19)20)6-11(10)14/h4-6,8,18H,7H2,1-3H3,(H,15,17). The summed E-state index contributed by atoms with van der Waals surface area (Å²) in [6.45, 7) is 5.46. The second-order valence-electron chi connectivity index (χ2n) is 5.12. The van der Waals surface area contributed by atoms with Gasteiger partial charge in [0.15, 0.2) is 0 Å². The van der Waals surface area contributed by atoms with Gasteiger partial charge in [-0.15, -0.1) is 0 Å². The number of nitro groups is 1. The zero-order valence-electron chi connectivity index (χ0n) is 11.5. The molecular formula is C13H17BrN2O4. The quantitative estimate of drug-likeness (QED) is 0.633. The van der Waals surface area contributed by atoms with E-state index in [1.807, 2.05) is 13.8 Å². The van der Waals surface area contributed by atoms with Crippen molar-refractivity contribution in [2.75, 3.05) is 6.54 Å². The third kappa shape index (κ3) is 4.01. The topological polar surface area (TPSA) is 92.5 Å². The van der Waals surface area contributed by atoms with Crippen LogP contribution in [0.5, 0.6) is 0 Å². The van der Waals surface area contributed by atoms with E-state index in [4.69, 9.17) is 0 Å². The second kappa shape index (κ2) is 6.32. The minimum absolute atomic E-state index is 0.0110. The zero-order valence-corrected chi connectivity index (χ0v) is 13.1. The van der Waals surface area contributed by atoms with Crippen molar-refractivity contribution >= 4 is 27.5 Å². The van der Waals surface area contributed by atoms with E-state index in [1.165, 1.54) is 18.2 Å². The van der Waals surface area contributed by atoms with Gasteiger partial charge in [0, 0.05) is 23.2 Å². The molecule has 1 amide bonds. The number of benzene rings is 1. The summed E-state index contributed by atoms with van der Waals surface area (Å²) in [7, 11) is 0. The van der Waals surface area contributed by atoms with Gasteiger partial charge < -0.3 is 10.4 Å². The number of nitrogens with zero attached hydrogens (tertiary/aromatic N) is 1. The number of carbonyl (C=O) groups excluding carboxylic acids is 1. The van der Waals surface area contributed by atoms with Crippen molar-refractivity contribution in [1.82, 2.24) is 5.32 Å². The molecule has 20 heavy (non-hydrogen) atoms. The Morgan fingerprint density at radius 3 is 2.60 bits per heavy atom. The first kappa shape index (κ1) is 16.6. The number of hydrogen-bond acceptors (Lipinski definition) is 4. The lowest BCUT2D eigenvalue weighted by Gasteiger charge is -2.27. The molecule has 0 spiro atoms. The van der Waals surface area contributed by atoms with Gasteiger partial charge in [-0.3, -0.25) is 14.9 Å². The summed E-state index contributed by atoms with van der Waals surface area (Å²) >= 11 is 3.14. The third-order valence-electron chi connectivity index (χ3n) is 3.26. The number of nitro benzene ring substituents is 1. The van der Waals surface area contributed by atoms with Crippen molar-refractivity contribution < 1.29 is 14.8 Å². The number of hydrogen-bond donors (Lipinski definition) is 2. The SMILES string of the molecule is CC(C)C(C)(O)CNC(=O)c1ccc([N+](=O)[O-])cc1Br. The molecule has 0 heterocycles. The molecule has 2 N–H and O–H groups in total. The number of aliphatic hydroxyl groups is 1. The maximum Gasteiger partial charge on any atom is 0.270 e. The normalized spacial score (nSPS) is 13.9. The Balaban J connectivity index is 2.81. The van der Waals surface area contributed by atoms with E-state index in [1.54, 1.807) is 6.92 Å². The largest absolute Gasteiger partial charge is 0.388 e. The fourth-order valence-corrected chi connectivity index (χ4v) is 1.91. The average Bonchev–Trinajstić information content (AvgIpc) is 2.35. The molecule has 1 unspecified atom stereocenters. The zero-order chi connectivity index (χ0) is 15.5. The van der Waals surface area contributed by atoms with Crippen molar-refractivity contribution in [3.05, 3.63) is 38.3 Å². The van der Waals surface area contributed by atoms with Crippen LogP contribution >= 0.6 is 15.9 Å². The third-order valence-corrected chi connectivity index (χ3v) is 3.91. The molecule has 0 aliphatic rings. The van der Waals surface area contributed by atoms with E-state index in [9.17, 15) is 20.0 Å². The highest BCUT2D eigenvalue weighted by Crippen LogP contribution is 2.23. The van der Waals surface area contributed by atoms with Gasteiger partial charge in [0.2, 0.25) is 0 Å². The highest BCUT2D eigenvalue weighted by atomic mass is 79.9. The molecule has 0 radical (unpaired) electrons. The molecule has 7 heteroatoms. The van der Waals surface area contributed by atoms with Gasteiger partial charge in [0.25, 0.3) is 11.6 Å².